The van der Waals surface area contributed by atoms with Gasteiger partial charge in [-0.3, -0.25) is 9.59 Å². The number of piperidine rings is 1. The maximum absolute atomic E-state index is 12.7. The van der Waals surface area contributed by atoms with Crippen molar-refractivity contribution in [3.63, 3.8) is 0 Å². The molecule has 2 atom stereocenters. The van der Waals surface area contributed by atoms with Crippen LogP contribution in [0.1, 0.15) is 22.3 Å². The van der Waals surface area contributed by atoms with Crippen LogP contribution in [-0.4, -0.2) is 60.5 Å². The topological polar surface area (TPSA) is 49.9 Å². The van der Waals surface area contributed by atoms with Gasteiger partial charge in [-0.25, -0.2) is 0 Å². The van der Waals surface area contributed by atoms with E-state index in [0.717, 1.165) is 17.5 Å². The predicted molar refractivity (Wildman–Crippen MR) is 78.0 cm³/mol. The van der Waals surface area contributed by atoms with Crippen LogP contribution in [0.25, 0.3) is 0 Å². The number of fused-ring (bicyclic) bond motifs is 1. The first-order valence-corrected chi connectivity index (χ1v) is 7.30. The standard InChI is InChI=1S/C16H20N2O3/c1-11-5-3-4-6-12(11)16(20)18-8-7-14-13(9-18)17(2)15(19)10-21-14/h3-6,13-14H,7-10H2,1-2H3/t13-,14+/m0/s1. The molecule has 2 amide bonds. The molecule has 0 N–H and O–H groups in total. The van der Waals surface area contributed by atoms with Gasteiger partial charge in [-0.1, -0.05) is 18.2 Å². The number of carbonyl (C=O) groups excluding carboxylic acids is 2. The third-order valence-electron chi connectivity index (χ3n) is 4.49. The first kappa shape index (κ1) is 14.1. The van der Waals surface area contributed by atoms with Crippen molar-refractivity contribution in [3.8, 4) is 0 Å². The summed E-state index contributed by atoms with van der Waals surface area (Å²) in [6, 6.07) is 7.58. The molecule has 1 aromatic rings. The number of nitrogens with zero attached hydrogens (tertiary/aromatic N) is 2. The molecule has 0 unspecified atom stereocenters. The second-order valence-corrected chi connectivity index (χ2v) is 5.78. The Labute approximate surface area is 124 Å². The van der Waals surface area contributed by atoms with Gasteiger partial charge < -0.3 is 14.5 Å². The molecule has 0 radical (unpaired) electrons. The fourth-order valence-electron chi connectivity index (χ4n) is 3.11. The average Bonchev–Trinajstić information content (AvgIpc) is 2.50. The number of morpholine rings is 1. The summed E-state index contributed by atoms with van der Waals surface area (Å²) in [7, 11) is 1.80. The minimum absolute atomic E-state index is 0.0126. The van der Waals surface area contributed by atoms with Crippen molar-refractivity contribution in [2.24, 2.45) is 0 Å². The highest BCUT2D eigenvalue weighted by molar-refractivity contribution is 5.95. The van der Waals surface area contributed by atoms with E-state index in [9.17, 15) is 9.59 Å². The van der Waals surface area contributed by atoms with Crippen LogP contribution >= 0.6 is 0 Å². The van der Waals surface area contributed by atoms with E-state index in [-0.39, 0.29) is 30.6 Å². The van der Waals surface area contributed by atoms with Crippen LogP contribution < -0.4 is 0 Å². The Morgan fingerprint density at radius 3 is 2.86 bits per heavy atom. The highest BCUT2D eigenvalue weighted by atomic mass is 16.5. The number of hydrogen-bond acceptors (Lipinski definition) is 3. The number of rotatable bonds is 1. The Morgan fingerprint density at radius 1 is 1.33 bits per heavy atom. The molecule has 1 aromatic carbocycles. The van der Waals surface area contributed by atoms with Gasteiger partial charge >= 0.3 is 0 Å². The first-order valence-electron chi connectivity index (χ1n) is 7.30. The number of amides is 2. The number of hydrogen-bond donors (Lipinski definition) is 0. The van der Waals surface area contributed by atoms with Gasteiger partial charge in [0.2, 0.25) is 5.91 Å². The summed E-state index contributed by atoms with van der Waals surface area (Å²) in [5.74, 6) is 0.0272. The van der Waals surface area contributed by atoms with Gasteiger partial charge in [0, 0.05) is 25.7 Å². The molecule has 2 aliphatic rings. The molecule has 0 bridgehead atoms. The van der Waals surface area contributed by atoms with Crippen molar-refractivity contribution >= 4 is 11.8 Å². The van der Waals surface area contributed by atoms with Crippen molar-refractivity contribution in [2.75, 3.05) is 26.7 Å². The minimum atomic E-state index is -0.0343. The maximum Gasteiger partial charge on any atom is 0.254 e. The summed E-state index contributed by atoms with van der Waals surface area (Å²) in [5, 5.41) is 0. The molecular formula is C16H20N2O3. The van der Waals surface area contributed by atoms with Crippen molar-refractivity contribution in [1.29, 1.82) is 0 Å². The van der Waals surface area contributed by atoms with Gasteiger partial charge in [0.1, 0.15) is 6.61 Å². The monoisotopic (exact) mass is 288 g/mol. The molecule has 112 valence electrons. The average molecular weight is 288 g/mol. The molecule has 0 aromatic heterocycles. The lowest BCUT2D eigenvalue weighted by Gasteiger charge is -2.45. The molecule has 2 aliphatic heterocycles. The molecule has 5 nitrogen and oxygen atoms in total. The number of likely N-dealkylation sites (N-methyl/N-ethyl adjacent to an activating group) is 1. The normalized spacial score (nSPS) is 25.7. The molecule has 0 aliphatic carbocycles. The summed E-state index contributed by atoms with van der Waals surface area (Å²) in [4.78, 5) is 28.0. The number of benzene rings is 1. The van der Waals surface area contributed by atoms with E-state index >= 15 is 0 Å². The van der Waals surface area contributed by atoms with Gasteiger partial charge in [-0.05, 0) is 25.0 Å². The summed E-state index contributed by atoms with van der Waals surface area (Å²) in [6.45, 7) is 3.32. The van der Waals surface area contributed by atoms with Gasteiger partial charge in [0.25, 0.3) is 5.91 Å². The summed E-state index contributed by atoms with van der Waals surface area (Å²) in [6.07, 6.45) is 0.827. The molecule has 0 spiro atoms. The van der Waals surface area contributed by atoms with E-state index in [1.807, 2.05) is 36.1 Å². The van der Waals surface area contributed by atoms with E-state index < -0.39 is 0 Å². The van der Waals surface area contributed by atoms with E-state index in [1.54, 1.807) is 11.9 Å². The molecule has 2 heterocycles. The van der Waals surface area contributed by atoms with E-state index in [0.29, 0.717) is 13.1 Å². The zero-order valence-corrected chi connectivity index (χ0v) is 12.4. The third kappa shape index (κ3) is 2.53. The molecule has 21 heavy (non-hydrogen) atoms. The Kier molecular flexibility index (Phi) is 3.68. The minimum Gasteiger partial charge on any atom is -0.366 e. The van der Waals surface area contributed by atoms with Crippen molar-refractivity contribution in [2.45, 2.75) is 25.5 Å². The fourth-order valence-corrected chi connectivity index (χ4v) is 3.11. The van der Waals surface area contributed by atoms with Crippen LogP contribution in [0.2, 0.25) is 0 Å². The SMILES string of the molecule is Cc1ccccc1C(=O)N1CC[C@H]2OCC(=O)N(C)[C@H]2C1. The molecule has 5 heteroatoms. The predicted octanol–water partition coefficient (Wildman–Crippen LogP) is 1.07. The summed E-state index contributed by atoms with van der Waals surface area (Å²) in [5.41, 5.74) is 1.72. The summed E-state index contributed by atoms with van der Waals surface area (Å²) < 4.78 is 5.59. The van der Waals surface area contributed by atoms with Gasteiger partial charge in [-0.15, -0.1) is 0 Å². The summed E-state index contributed by atoms with van der Waals surface area (Å²) >= 11 is 0. The number of aryl methyl sites for hydroxylation is 1. The fraction of sp³-hybridized carbons (Fsp3) is 0.500. The lowest BCUT2D eigenvalue weighted by atomic mass is 9.97. The van der Waals surface area contributed by atoms with E-state index in [4.69, 9.17) is 4.74 Å². The third-order valence-corrected chi connectivity index (χ3v) is 4.49. The Morgan fingerprint density at radius 2 is 2.10 bits per heavy atom. The van der Waals surface area contributed by atoms with Gasteiger partial charge in [0.05, 0.1) is 12.1 Å². The Balaban J connectivity index is 1.77. The largest absolute Gasteiger partial charge is 0.366 e. The maximum atomic E-state index is 12.7. The second-order valence-electron chi connectivity index (χ2n) is 5.78. The van der Waals surface area contributed by atoms with Crippen molar-refractivity contribution in [1.82, 2.24) is 9.80 Å². The first-order chi connectivity index (χ1) is 10.1. The van der Waals surface area contributed by atoms with Crippen LogP contribution in [0.5, 0.6) is 0 Å². The highest BCUT2D eigenvalue weighted by Crippen LogP contribution is 2.24. The quantitative estimate of drug-likeness (QED) is 0.776. The van der Waals surface area contributed by atoms with Crippen LogP contribution in [0.4, 0.5) is 0 Å². The molecule has 2 fully saturated rings. The van der Waals surface area contributed by atoms with Crippen molar-refractivity contribution < 1.29 is 14.3 Å². The van der Waals surface area contributed by atoms with Crippen molar-refractivity contribution in [3.05, 3.63) is 35.4 Å². The zero-order valence-electron chi connectivity index (χ0n) is 12.4. The van der Waals surface area contributed by atoms with E-state index in [1.165, 1.54) is 0 Å². The van der Waals surface area contributed by atoms with Crippen LogP contribution in [0, 0.1) is 6.92 Å². The lowest BCUT2D eigenvalue weighted by molar-refractivity contribution is -0.159. The molecule has 2 saturated heterocycles. The Bertz CT molecular complexity index is 572. The number of ether oxygens (including phenoxy) is 1. The zero-order chi connectivity index (χ0) is 15.0. The van der Waals surface area contributed by atoms with Crippen LogP contribution in [0.15, 0.2) is 24.3 Å². The molecule has 0 saturated carbocycles. The Hall–Kier alpha value is -1.88. The van der Waals surface area contributed by atoms with Crippen LogP contribution in [-0.2, 0) is 9.53 Å². The number of carbonyl (C=O) groups is 2. The van der Waals surface area contributed by atoms with E-state index in [2.05, 4.69) is 0 Å². The highest BCUT2D eigenvalue weighted by Gasteiger charge is 2.40. The van der Waals surface area contributed by atoms with Gasteiger partial charge in [-0.2, -0.15) is 0 Å². The second kappa shape index (κ2) is 5.48. The molecular weight excluding hydrogens is 268 g/mol. The van der Waals surface area contributed by atoms with Crippen LogP contribution in [0.3, 0.4) is 0 Å². The smallest absolute Gasteiger partial charge is 0.254 e. The molecule has 3 rings (SSSR count). The number of likely N-dealkylation sites (tertiary alicyclic amines) is 1. The van der Waals surface area contributed by atoms with Gasteiger partial charge in [0.15, 0.2) is 0 Å². The lowest BCUT2D eigenvalue weighted by Crippen LogP contribution is -2.61.